The Kier molecular flexibility index (Phi) is 6.26. The van der Waals surface area contributed by atoms with E-state index in [1.165, 1.54) is 49.4 Å². The minimum absolute atomic E-state index is 0.000113. The average Bonchev–Trinajstić information content (AvgIpc) is 2.96. The molecule has 0 aromatic heterocycles. The molecular formula is C20H16FN3O5S. The molecule has 0 unspecified atom stereocenters. The molecule has 2 aromatic rings. The topological polar surface area (TPSA) is 110 Å². The predicted molar refractivity (Wildman–Crippen MR) is 109 cm³/mol. The number of nitro groups is 1. The summed E-state index contributed by atoms with van der Waals surface area (Å²) in [6.07, 6.45) is 1.32. The summed E-state index contributed by atoms with van der Waals surface area (Å²) < 4.78 is 13.8. The van der Waals surface area contributed by atoms with Gasteiger partial charge in [0.15, 0.2) is 0 Å². The van der Waals surface area contributed by atoms with Gasteiger partial charge in [-0.05, 0) is 43.0 Å². The van der Waals surface area contributed by atoms with Gasteiger partial charge in [-0.15, -0.1) is 0 Å². The third kappa shape index (κ3) is 4.54. The summed E-state index contributed by atoms with van der Waals surface area (Å²) in [7, 11) is 0. The quantitative estimate of drug-likeness (QED) is 0.428. The lowest BCUT2D eigenvalue weighted by atomic mass is 10.1. The van der Waals surface area contributed by atoms with Crippen molar-refractivity contribution in [3.8, 4) is 0 Å². The van der Waals surface area contributed by atoms with Gasteiger partial charge in [0.2, 0.25) is 0 Å². The molecule has 1 N–H and O–H groups in total. The smallest absolute Gasteiger partial charge is 0.293 e. The van der Waals surface area contributed by atoms with Crippen LogP contribution in [0.25, 0.3) is 6.08 Å². The largest absolute Gasteiger partial charge is 0.350 e. The molecule has 30 heavy (non-hydrogen) atoms. The molecule has 1 aliphatic heterocycles. The summed E-state index contributed by atoms with van der Waals surface area (Å²) in [6.45, 7) is 1.47. The van der Waals surface area contributed by atoms with E-state index in [9.17, 15) is 28.9 Å². The van der Waals surface area contributed by atoms with Gasteiger partial charge in [-0.1, -0.05) is 18.2 Å². The third-order valence-electron chi connectivity index (χ3n) is 4.34. The Labute approximate surface area is 174 Å². The molecule has 1 aliphatic rings. The number of halogens is 1. The van der Waals surface area contributed by atoms with E-state index < -0.39 is 27.8 Å². The highest BCUT2D eigenvalue weighted by Gasteiger charge is 2.34. The van der Waals surface area contributed by atoms with Crippen molar-refractivity contribution in [1.29, 1.82) is 0 Å². The van der Waals surface area contributed by atoms with Crippen molar-refractivity contribution in [3.63, 3.8) is 0 Å². The van der Waals surface area contributed by atoms with Crippen molar-refractivity contribution < 1.29 is 23.7 Å². The average molecular weight is 429 g/mol. The molecule has 0 bridgehead atoms. The van der Waals surface area contributed by atoms with E-state index in [-0.39, 0.29) is 34.8 Å². The van der Waals surface area contributed by atoms with Crippen LogP contribution in [0.4, 0.5) is 14.9 Å². The van der Waals surface area contributed by atoms with Crippen molar-refractivity contribution in [2.45, 2.75) is 6.92 Å². The Morgan fingerprint density at radius 2 is 2.00 bits per heavy atom. The Bertz CT molecular complexity index is 1090. The molecule has 0 saturated carbocycles. The van der Waals surface area contributed by atoms with Crippen LogP contribution in [0.3, 0.4) is 0 Å². The first-order valence-electron chi connectivity index (χ1n) is 8.81. The number of carbonyl (C=O) groups excluding carboxylic acids is 3. The normalized spacial score (nSPS) is 15.0. The van der Waals surface area contributed by atoms with E-state index in [0.29, 0.717) is 17.3 Å². The number of amides is 3. The molecule has 2 aromatic carbocycles. The fourth-order valence-corrected chi connectivity index (χ4v) is 3.67. The molecule has 1 fully saturated rings. The van der Waals surface area contributed by atoms with E-state index in [4.69, 9.17) is 0 Å². The Morgan fingerprint density at radius 3 is 2.67 bits per heavy atom. The van der Waals surface area contributed by atoms with Crippen LogP contribution in [0.2, 0.25) is 0 Å². The minimum atomic E-state index is -0.561. The van der Waals surface area contributed by atoms with Crippen LogP contribution in [0.1, 0.15) is 21.5 Å². The van der Waals surface area contributed by atoms with Crippen LogP contribution < -0.4 is 5.32 Å². The first-order valence-corrected chi connectivity index (χ1v) is 9.62. The second-order valence-corrected chi connectivity index (χ2v) is 7.36. The predicted octanol–water partition coefficient (Wildman–Crippen LogP) is 3.51. The van der Waals surface area contributed by atoms with Crippen LogP contribution in [0, 0.1) is 22.9 Å². The van der Waals surface area contributed by atoms with Gasteiger partial charge in [-0.2, -0.15) is 0 Å². The van der Waals surface area contributed by atoms with Crippen LogP contribution in [0.15, 0.2) is 47.4 Å². The number of thioether (sulfide) groups is 1. The minimum Gasteiger partial charge on any atom is -0.350 e. The van der Waals surface area contributed by atoms with Crippen LogP contribution in [-0.4, -0.2) is 40.0 Å². The molecule has 1 heterocycles. The number of hydrogen-bond acceptors (Lipinski definition) is 6. The van der Waals surface area contributed by atoms with Gasteiger partial charge in [0.1, 0.15) is 5.82 Å². The highest BCUT2D eigenvalue weighted by molar-refractivity contribution is 8.18. The Hall–Kier alpha value is -3.53. The summed E-state index contributed by atoms with van der Waals surface area (Å²) in [5.41, 5.74) is 0.680. The maximum atomic E-state index is 13.8. The lowest BCUT2D eigenvalue weighted by Crippen LogP contribution is -2.37. The number of carbonyl (C=O) groups is 3. The number of rotatable bonds is 6. The lowest BCUT2D eigenvalue weighted by Gasteiger charge is -2.13. The van der Waals surface area contributed by atoms with Gasteiger partial charge in [-0.3, -0.25) is 29.4 Å². The molecule has 3 amide bonds. The number of nitrogens with zero attached hydrogens (tertiary/aromatic N) is 2. The summed E-state index contributed by atoms with van der Waals surface area (Å²) in [5, 5.41) is 12.9. The standard InChI is InChI=1S/C20H16FN3O5S/c1-12-10-14(6-7-16(12)24(28)29)18(25)22-8-9-23-19(26)17(30-20(23)27)11-13-4-2-3-5-15(13)21/h2-7,10-11H,8-9H2,1H3,(H,22,25)/b17-11-. The van der Waals surface area contributed by atoms with Crippen molar-refractivity contribution in [2.24, 2.45) is 0 Å². The van der Waals surface area contributed by atoms with E-state index in [2.05, 4.69) is 5.32 Å². The van der Waals surface area contributed by atoms with E-state index in [1.807, 2.05) is 0 Å². The highest BCUT2D eigenvalue weighted by Crippen LogP contribution is 2.32. The number of nitro benzene ring substituents is 1. The molecule has 0 aliphatic carbocycles. The lowest BCUT2D eigenvalue weighted by molar-refractivity contribution is -0.385. The highest BCUT2D eigenvalue weighted by atomic mass is 32.2. The number of hydrogen-bond donors (Lipinski definition) is 1. The van der Waals surface area contributed by atoms with Gasteiger partial charge in [-0.25, -0.2) is 4.39 Å². The zero-order valence-electron chi connectivity index (χ0n) is 15.8. The molecule has 0 radical (unpaired) electrons. The van der Waals surface area contributed by atoms with E-state index in [1.54, 1.807) is 6.07 Å². The zero-order chi connectivity index (χ0) is 21.8. The molecule has 3 rings (SSSR count). The summed E-state index contributed by atoms with van der Waals surface area (Å²) >= 11 is 0.702. The number of aryl methyl sites for hydroxylation is 1. The van der Waals surface area contributed by atoms with Gasteiger partial charge in [0.25, 0.3) is 22.7 Å². The molecule has 8 nitrogen and oxygen atoms in total. The Balaban J connectivity index is 1.61. The van der Waals surface area contributed by atoms with Gasteiger partial charge >= 0.3 is 0 Å². The second kappa shape index (κ2) is 8.87. The van der Waals surface area contributed by atoms with Crippen molar-refractivity contribution in [2.75, 3.05) is 13.1 Å². The SMILES string of the molecule is Cc1cc(C(=O)NCCN2C(=O)S/C(=C\c3ccccc3F)C2=O)ccc1[N+](=O)[O-]. The monoisotopic (exact) mass is 429 g/mol. The number of benzene rings is 2. The van der Waals surface area contributed by atoms with Crippen LogP contribution in [-0.2, 0) is 4.79 Å². The summed E-state index contributed by atoms with van der Waals surface area (Å²) in [5.74, 6) is -1.55. The first-order chi connectivity index (χ1) is 14.3. The molecule has 1 saturated heterocycles. The summed E-state index contributed by atoms with van der Waals surface area (Å²) in [4.78, 5) is 48.2. The zero-order valence-corrected chi connectivity index (χ0v) is 16.6. The third-order valence-corrected chi connectivity index (χ3v) is 5.25. The van der Waals surface area contributed by atoms with Gasteiger partial charge in [0.05, 0.1) is 9.83 Å². The van der Waals surface area contributed by atoms with Crippen molar-refractivity contribution in [1.82, 2.24) is 10.2 Å². The van der Waals surface area contributed by atoms with Crippen molar-refractivity contribution in [3.05, 3.63) is 80.0 Å². The van der Waals surface area contributed by atoms with Gasteiger partial charge < -0.3 is 5.32 Å². The van der Waals surface area contributed by atoms with E-state index in [0.717, 1.165) is 4.90 Å². The first kappa shape index (κ1) is 21.2. The molecule has 0 atom stereocenters. The second-order valence-electron chi connectivity index (χ2n) is 6.37. The molecule has 10 heteroatoms. The fraction of sp³-hybridized carbons (Fsp3) is 0.150. The number of imide groups is 1. The Morgan fingerprint density at radius 1 is 1.27 bits per heavy atom. The van der Waals surface area contributed by atoms with E-state index >= 15 is 0 Å². The van der Waals surface area contributed by atoms with Crippen LogP contribution in [0.5, 0.6) is 0 Å². The summed E-state index contributed by atoms with van der Waals surface area (Å²) in [6, 6.07) is 9.86. The van der Waals surface area contributed by atoms with Crippen molar-refractivity contribution >= 4 is 40.6 Å². The molecular weight excluding hydrogens is 413 g/mol. The molecule has 0 spiro atoms. The maximum absolute atomic E-state index is 13.8. The molecule has 154 valence electrons. The fourth-order valence-electron chi connectivity index (χ4n) is 2.81. The number of nitrogens with one attached hydrogen (secondary N) is 1. The van der Waals surface area contributed by atoms with Gasteiger partial charge in [0, 0.05) is 35.8 Å². The van der Waals surface area contributed by atoms with Crippen LogP contribution >= 0.6 is 11.8 Å². The maximum Gasteiger partial charge on any atom is 0.293 e.